The second-order valence-corrected chi connectivity index (χ2v) is 13.3. The number of carbonyl (C=O) groups is 3. The molecule has 2 aliphatic heterocycles. The van der Waals surface area contributed by atoms with Gasteiger partial charge in [-0.2, -0.15) is 0 Å². The number of nitrogens with zero attached hydrogens (tertiary/aromatic N) is 4. The van der Waals surface area contributed by atoms with E-state index >= 15 is 0 Å². The fraction of sp³-hybridized carbons (Fsp3) is 0.444. The lowest BCUT2D eigenvalue weighted by Gasteiger charge is -2.33. The molecule has 4 heterocycles. The Labute approximate surface area is 274 Å². The van der Waals surface area contributed by atoms with E-state index in [1.807, 2.05) is 81.4 Å². The van der Waals surface area contributed by atoms with Gasteiger partial charge in [-0.1, -0.05) is 60.7 Å². The Balaban J connectivity index is 0.000000186. The van der Waals surface area contributed by atoms with Gasteiger partial charge in [-0.05, 0) is 57.6 Å². The van der Waals surface area contributed by atoms with E-state index in [1.54, 1.807) is 4.90 Å². The average molecular weight is 641 g/mol. The molecule has 6 rings (SSSR count). The fourth-order valence-corrected chi connectivity index (χ4v) is 6.08. The lowest BCUT2D eigenvalue weighted by atomic mass is 9.89. The molecule has 2 aromatic carbocycles. The number of ketones is 2. The molecule has 2 fully saturated rings. The quantitative estimate of drug-likeness (QED) is 0.284. The molecule has 0 saturated carbocycles. The van der Waals surface area contributed by atoms with Gasteiger partial charge in [0.15, 0.2) is 11.5 Å². The Morgan fingerprint density at radius 2 is 1.28 bits per heavy atom. The number of carbonyl (C=O) groups excluding carboxylic acids is 3. The van der Waals surface area contributed by atoms with Gasteiger partial charge in [0.1, 0.15) is 29.0 Å². The highest BCUT2D eigenvalue weighted by Crippen LogP contribution is 2.26. The van der Waals surface area contributed by atoms with E-state index in [2.05, 4.69) is 24.8 Å². The number of imidazole rings is 1. The number of nitrogens with one attached hydrogen (secondary N) is 2. The maximum atomic E-state index is 12.5. The van der Waals surface area contributed by atoms with Crippen molar-refractivity contribution in [3.63, 3.8) is 0 Å². The Kier molecular flexibility index (Phi) is 10.8. The van der Waals surface area contributed by atoms with Gasteiger partial charge in [-0.3, -0.25) is 14.6 Å². The van der Waals surface area contributed by atoms with Crippen molar-refractivity contribution in [2.75, 3.05) is 31.1 Å². The lowest BCUT2D eigenvalue weighted by Crippen LogP contribution is -2.43. The number of hydrogen-bond donors (Lipinski definition) is 2. The number of likely N-dealkylation sites (tertiary alicyclic amines) is 1. The number of benzene rings is 2. The van der Waals surface area contributed by atoms with Crippen molar-refractivity contribution in [2.45, 2.75) is 64.9 Å². The molecule has 0 aliphatic carbocycles. The molecule has 11 nitrogen and oxygen atoms in total. The van der Waals surface area contributed by atoms with Crippen LogP contribution in [0.15, 0.2) is 71.8 Å². The monoisotopic (exact) mass is 640 g/mol. The molecule has 2 N–H and O–H groups in total. The van der Waals surface area contributed by atoms with E-state index in [1.165, 1.54) is 6.33 Å². The maximum absolute atomic E-state index is 12.5. The van der Waals surface area contributed by atoms with Crippen molar-refractivity contribution >= 4 is 34.6 Å². The topological polar surface area (TPSA) is 141 Å². The summed E-state index contributed by atoms with van der Waals surface area (Å²) in [5, 5.41) is 0. The van der Waals surface area contributed by atoms with Crippen LogP contribution >= 0.6 is 0 Å². The molecule has 4 aromatic rings. The van der Waals surface area contributed by atoms with Crippen LogP contribution in [0.5, 0.6) is 0 Å². The molecular formula is C36H44N6O5. The summed E-state index contributed by atoms with van der Waals surface area (Å²) in [5.41, 5.74) is 2.50. The van der Waals surface area contributed by atoms with Crippen LogP contribution in [0.2, 0.25) is 0 Å². The number of anilines is 1. The van der Waals surface area contributed by atoms with E-state index < -0.39 is 5.60 Å². The fourth-order valence-electron chi connectivity index (χ4n) is 6.08. The molecule has 248 valence electrons. The van der Waals surface area contributed by atoms with Crippen LogP contribution in [0.25, 0.3) is 11.2 Å². The highest BCUT2D eigenvalue weighted by molar-refractivity contribution is 5.85. The Morgan fingerprint density at radius 3 is 1.79 bits per heavy atom. The number of aromatic nitrogens is 4. The van der Waals surface area contributed by atoms with E-state index in [0.29, 0.717) is 42.9 Å². The minimum atomic E-state index is -0.475. The zero-order valence-electron chi connectivity index (χ0n) is 27.4. The number of piperidine rings is 2. The number of H-pyrrole nitrogens is 2. The molecular weight excluding hydrogens is 596 g/mol. The minimum Gasteiger partial charge on any atom is -0.444 e. The third-order valence-electron chi connectivity index (χ3n) is 8.59. The zero-order valence-corrected chi connectivity index (χ0v) is 27.4. The Morgan fingerprint density at radius 1 is 0.766 bits per heavy atom. The third-order valence-corrected chi connectivity index (χ3v) is 8.59. The molecule has 2 aromatic heterocycles. The molecule has 1 amide bonds. The molecule has 2 saturated heterocycles. The first-order valence-electron chi connectivity index (χ1n) is 16.3. The molecule has 0 radical (unpaired) electrons. The molecule has 0 spiro atoms. The highest BCUT2D eigenvalue weighted by atomic mass is 16.6. The molecule has 11 heteroatoms. The summed E-state index contributed by atoms with van der Waals surface area (Å²) in [6.07, 6.45) is 5.20. The summed E-state index contributed by atoms with van der Waals surface area (Å²) < 4.78 is 5.37. The molecule has 0 unspecified atom stereocenters. The van der Waals surface area contributed by atoms with Crippen molar-refractivity contribution in [1.82, 2.24) is 24.8 Å². The summed E-state index contributed by atoms with van der Waals surface area (Å²) in [7, 11) is 0. The minimum absolute atomic E-state index is 0.0545. The van der Waals surface area contributed by atoms with Gasteiger partial charge >= 0.3 is 11.8 Å². The molecule has 0 bridgehead atoms. The summed E-state index contributed by atoms with van der Waals surface area (Å²) in [4.78, 5) is 66.0. The predicted octanol–water partition coefficient (Wildman–Crippen LogP) is 5.12. The smallest absolute Gasteiger partial charge is 0.410 e. The van der Waals surface area contributed by atoms with Crippen LogP contribution in [0.3, 0.4) is 0 Å². The highest BCUT2D eigenvalue weighted by Gasteiger charge is 2.30. The van der Waals surface area contributed by atoms with Crippen LogP contribution < -0.4 is 10.6 Å². The SMILES string of the molecule is CC(C)(C)OC(=O)N1CCC(C(=O)Cc2ccccc2)CC1.O=C(Cc1ccccc1)C1CCN(c2ncnc3[nH]c(=O)[nH]c23)CC1. The zero-order chi connectivity index (χ0) is 33.4. The number of aromatic amines is 2. The molecule has 2 aliphatic rings. The van der Waals surface area contributed by atoms with Gasteiger partial charge in [0.05, 0.1) is 0 Å². The van der Waals surface area contributed by atoms with Crippen molar-refractivity contribution in [1.29, 1.82) is 0 Å². The molecule has 47 heavy (non-hydrogen) atoms. The van der Waals surface area contributed by atoms with Crippen molar-refractivity contribution in [3.05, 3.63) is 88.6 Å². The second-order valence-electron chi connectivity index (χ2n) is 13.3. The van der Waals surface area contributed by atoms with E-state index in [4.69, 9.17) is 4.74 Å². The van der Waals surface area contributed by atoms with Gasteiger partial charge in [-0.15, -0.1) is 0 Å². The van der Waals surface area contributed by atoms with Crippen LogP contribution in [-0.4, -0.2) is 74.3 Å². The van der Waals surface area contributed by atoms with Gasteiger partial charge in [-0.25, -0.2) is 19.6 Å². The third kappa shape index (κ3) is 9.37. The standard InChI is InChI=1S/C18H19N5O2.C18H25NO3/c24-14(10-12-4-2-1-3-5-12)13-6-8-23(9-7-13)17-15-16(19-11-20-17)22-18(25)21-15;1-18(2,3)22-17(21)19-11-9-15(10-12-19)16(20)13-14-7-5-4-6-8-14/h1-5,11,13H,6-10H2,(H2,19,20,21,22,25);4-8,15H,9-13H2,1-3H3. The summed E-state index contributed by atoms with van der Waals surface area (Å²) in [5.74, 6) is 1.43. The van der Waals surface area contributed by atoms with Crippen molar-refractivity contribution < 1.29 is 19.1 Å². The first-order valence-corrected chi connectivity index (χ1v) is 16.3. The van der Waals surface area contributed by atoms with E-state index in [-0.39, 0.29) is 29.4 Å². The Bertz CT molecular complexity index is 1700. The largest absolute Gasteiger partial charge is 0.444 e. The van der Waals surface area contributed by atoms with Crippen LogP contribution in [0, 0.1) is 11.8 Å². The average Bonchev–Trinajstić information content (AvgIpc) is 3.46. The summed E-state index contributed by atoms with van der Waals surface area (Å²) >= 11 is 0. The normalized spacial score (nSPS) is 16.0. The lowest BCUT2D eigenvalue weighted by molar-refractivity contribution is -0.124. The Hall–Kier alpha value is -4.80. The second kappa shape index (κ2) is 15.2. The number of rotatable bonds is 7. The maximum Gasteiger partial charge on any atom is 0.410 e. The predicted molar refractivity (Wildman–Crippen MR) is 180 cm³/mol. The van der Waals surface area contributed by atoms with Crippen LogP contribution in [0.4, 0.5) is 10.6 Å². The first-order chi connectivity index (χ1) is 22.6. The van der Waals surface area contributed by atoms with Crippen molar-refractivity contribution in [2.24, 2.45) is 11.8 Å². The van der Waals surface area contributed by atoms with Crippen LogP contribution in [0.1, 0.15) is 57.6 Å². The van der Waals surface area contributed by atoms with Gasteiger partial charge in [0.25, 0.3) is 0 Å². The van der Waals surface area contributed by atoms with E-state index in [0.717, 1.165) is 55.7 Å². The van der Waals surface area contributed by atoms with Crippen molar-refractivity contribution in [3.8, 4) is 0 Å². The van der Waals surface area contributed by atoms with E-state index in [9.17, 15) is 19.2 Å². The number of fused-ring (bicyclic) bond motifs is 1. The summed E-state index contributed by atoms with van der Waals surface area (Å²) in [6, 6.07) is 19.7. The van der Waals surface area contributed by atoms with Gasteiger partial charge < -0.3 is 19.5 Å². The number of Topliss-reactive ketones (excluding diaryl/α,β-unsaturated/α-hetero) is 2. The number of ether oxygens (including phenoxy) is 1. The number of amides is 1. The van der Waals surface area contributed by atoms with Crippen LogP contribution in [-0.2, 0) is 27.2 Å². The molecule has 0 atom stereocenters. The summed E-state index contributed by atoms with van der Waals surface area (Å²) in [6.45, 7) is 8.26. The van der Waals surface area contributed by atoms with Gasteiger partial charge in [0, 0.05) is 50.9 Å². The number of hydrogen-bond acceptors (Lipinski definition) is 8. The van der Waals surface area contributed by atoms with Gasteiger partial charge in [0.2, 0.25) is 0 Å². The first kappa shape index (κ1) is 33.6.